The van der Waals surface area contributed by atoms with E-state index in [9.17, 15) is 4.79 Å². The largest absolute Gasteiger partial charge is 0.496 e. The number of nitrogens with two attached hydrogens (primary N) is 1. The van der Waals surface area contributed by atoms with Crippen molar-refractivity contribution in [2.24, 2.45) is 5.73 Å². The number of aromatic amines is 1. The van der Waals surface area contributed by atoms with Crippen LogP contribution >= 0.6 is 0 Å². The van der Waals surface area contributed by atoms with Crippen molar-refractivity contribution in [3.63, 3.8) is 0 Å². The Morgan fingerprint density at radius 3 is 2.84 bits per heavy atom. The number of carbonyl (C=O) groups is 1. The van der Waals surface area contributed by atoms with E-state index in [1.54, 1.807) is 13.2 Å². The maximum Gasteiger partial charge on any atom is 0.267 e. The number of nitrogens with one attached hydrogen (secondary N) is 2. The van der Waals surface area contributed by atoms with Crippen molar-refractivity contribution in [3.05, 3.63) is 30.0 Å². The van der Waals surface area contributed by atoms with Crippen LogP contribution in [0.15, 0.2) is 24.3 Å². The van der Waals surface area contributed by atoms with Crippen molar-refractivity contribution in [2.45, 2.75) is 19.4 Å². The number of hydrogen-bond acceptors (Lipinski definition) is 3. The van der Waals surface area contributed by atoms with E-state index in [1.165, 1.54) is 0 Å². The van der Waals surface area contributed by atoms with Crippen molar-refractivity contribution in [3.8, 4) is 5.75 Å². The van der Waals surface area contributed by atoms with Gasteiger partial charge in [0, 0.05) is 23.0 Å². The van der Waals surface area contributed by atoms with Gasteiger partial charge in [0.15, 0.2) is 0 Å². The number of H-pyrrole nitrogens is 1. The Hall–Kier alpha value is -2.01. The van der Waals surface area contributed by atoms with Crippen molar-refractivity contribution in [2.75, 3.05) is 13.7 Å². The molecule has 0 saturated carbocycles. The van der Waals surface area contributed by atoms with E-state index in [0.29, 0.717) is 12.2 Å². The van der Waals surface area contributed by atoms with Gasteiger partial charge in [0.05, 0.1) is 7.11 Å². The second-order valence-corrected chi connectivity index (χ2v) is 5.28. The van der Waals surface area contributed by atoms with Gasteiger partial charge in [-0.2, -0.15) is 0 Å². The van der Waals surface area contributed by atoms with Gasteiger partial charge < -0.3 is 20.8 Å². The molecular weight excluding hydrogens is 242 g/mol. The Balaban J connectivity index is 2.24. The Morgan fingerprint density at radius 1 is 1.47 bits per heavy atom. The summed E-state index contributed by atoms with van der Waals surface area (Å²) in [5, 5.41) is 3.69. The molecule has 0 unspecified atom stereocenters. The van der Waals surface area contributed by atoms with E-state index in [-0.39, 0.29) is 5.91 Å². The number of ether oxygens (including phenoxy) is 1. The molecule has 2 aromatic rings. The molecule has 0 aliphatic heterocycles. The van der Waals surface area contributed by atoms with E-state index in [2.05, 4.69) is 10.3 Å². The predicted molar refractivity (Wildman–Crippen MR) is 75.5 cm³/mol. The molecule has 19 heavy (non-hydrogen) atoms. The number of aromatic nitrogens is 1. The first kappa shape index (κ1) is 13.4. The van der Waals surface area contributed by atoms with Crippen LogP contribution in [0.3, 0.4) is 0 Å². The average Bonchev–Trinajstić information content (AvgIpc) is 2.78. The molecule has 0 atom stereocenters. The minimum absolute atomic E-state index is 0.170. The summed E-state index contributed by atoms with van der Waals surface area (Å²) in [7, 11) is 1.61. The molecule has 5 nitrogen and oxygen atoms in total. The Morgan fingerprint density at radius 2 is 2.21 bits per heavy atom. The zero-order valence-corrected chi connectivity index (χ0v) is 11.4. The Bertz CT molecular complexity index is 596. The summed E-state index contributed by atoms with van der Waals surface area (Å²) < 4.78 is 5.26. The molecule has 2 rings (SSSR count). The summed E-state index contributed by atoms with van der Waals surface area (Å²) in [6.07, 6.45) is 0. The lowest BCUT2D eigenvalue weighted by Gasteiger charge is -2.18. The molecule has 0 spiro atoms. The van der Waals surface area contributed by atoms with E-state index in [4.69, 9.17) is 10.5 Å². The predicted octanol–water partition coefficient (Wildman–Crippen LogP) is 1.64. The number of benzene rings is 1. The third-order valence-electron chi connectivity index (χ3n) is 2.79. The highest BCUT2D eigenvalue weighted by atomic mass is 16.5. The molecule has 0 bridgehead atoms. The number of carbonyl (C=O) groups excluding carboxylic acids is 1. The first-order valence-corrected chi connectivity index (χ1v) is 6.13. The zero-order valence-electron chi connectivity index (χ0n) is 11.4. The average molecular weight is 261 g/mol. The molecule has 0 aliphatic rings. The van der Waals surface area contributed by atoms with Gasteiger partial charge in [-0.1, -0.05) is 6.07 Å². The molecular formula is C14H19N3O2. The molecule has 1 heterocycles. The lowest BCUT2D eigenvalue weighted by Crippen LogP contribution is -2.45. The minimum atomic E-state index is -0.431. The summed E-state index contributed by atoms with van der Waals surface area (Å²) in [6, 6.07) is 7.43. The molecule has 1 aromatic heterocycles. The van der Waals surface area contributed by atoms with E-state index >= 15 is 0 Å². The highest BCUT2D eigenvalue weighted by Crippen LogP contribution is 2.25. The first-order chi connectivity index (χ1) is 8.90. The lowest BCUT2D eigenvalue weighted by atomic mass is 10.1. The van der Waals surface area contributed by atoms with Crippen molar-refractivity contribution in [1.82, 2.24) is 10.3 Å². The Labute approximate surface area is 112 Å². The molecule has 102 valence electrons. The summed E-state index contributed by atoms with van der Waals surface area (Å²) in [5.41, 5.74) is 6.78. The molecule has 1 aromatic carbocycles. The minimum Gasteiger partial charge on any atom is -0.496 e. The normalized spacial score (nSPS) is 11.6. The van der Waals surface area contributed by atoms with Crippen molar-refractivity contribution >= 4 is 16.8 Å². The van der Waals surface area contributed by atoms with Crippen molar-refractivity contribution in [1.29, 1.82) is 0 Å². The monoisotopic (exact) mass is 261 g/mol. The third-order valence-corrected chi connectivity index (χ3v) is 2.79. The number of hydrogen-bond donors (Lipinski definition) is 3. The number of fused-ring (bicyclic) bond motifs is 1. The molecule has 0 aliphatic carbocycles. The summed E-state index contributed by atoms with van der Waals surface area (Å²) in [5.74, 6) is 0.573. The second-order valence-electron chi connectivity index (χ2n) is 5.28. The van der Waals surface area contributed by atoms with Gasteiger partial charge in [0.25, 0.3) is 5.91 Å². The van der Waals surface area contributed by atoms with Crippen LogP contribution in [-0.4, -0.2) is 30.1 Å². The van der Waals surface area contributed by atoms with Gasteiger partial charge in [-0.15, -0.1) is 0 Å². The summed E-state index contributed by atoms with van der Waals surface area (Å²) >= 11 is 0. The fourth-order valence-corrected chi connectivity index (χ4v) is 1.83. The molecule has 0 radical (unpaired) electrons. The van der Waals surface area contributed by atoms with Gasteiger partial charge in [0.1, 0.15) is 11.4 Å². The van der Waals surface area contributed by atoms with Crippen LogP contribution in [0, 0.1) is 0 Å². The SMILES string of the molecule is COc1cccc2[nH]c(C(=O)NCC(C)(C)N)cc12. The van der Waals surface area contributed by atoms with Crippen LogP contribution in [0.2, 0.25) is 0 Å². The third kappa shape index (κ3) is 3.06. The van der Waals surface area contributed by atoms with Crippen LogP contribution in [0.4, 0.5) is 0 Å². The topological polar surface area (TPSA) is 80.1 Å². The second kappa shape index (κ2) is 4.93. The van der Waals surface area contributed by atoms with Crippen LogP contribution < -0.4 is 15.8 Å². The molecule has 1 amide bonds. The standard InChI is InChI=1S/C14H19N3O2/c1-14(2,15)8-16-13(18)11-7-9-10(17-11)5-4-6-12(9)19-3/h4-7,17H,8,15H2,1-3H3,(H,16,18). The number of methoxy groups -OCH3 is 1. The van der Waals surface area contributed by atoms with Gasteiger partial charge in [0.2, 0.25) is 0 Å². The van der Waals surface area contributed by atoms with Gasteiger partial charge in [-0.3, -0.25) is 4.79 Å². The molecule has 0 saturated heterocycles. The smallest absolute Gasteiger partial charge is 0.267 e. The summed E-state index contributed by atoms with van der Waals surface area (Å²) in [6.45, 7) is 4.14. The van der Waals surface area contributed by atoms with Crippen LogP contribution in [0.25, 0.3) is 10.9 Å². The first-order valence-electron chi connectivity index (χ1n) is 6.13. The number of amides is 1. The fourth-order valence-electron chi connectivity index (χ4n) is 1.83. The number of rotatable bonds is 4. The maximum atomic E-state index is 12.0. The highest BCUT2D eigenvalue weighted by Gasteiger charge is 2.15. The Kier molecular flexibility index (Phi) is 3.48. The van der Waals surface area contributed by atoms with E-state index < -0.39 is 5.54 Å². The van der Waals surface area contributed by atoms with Gasteiger partial charge in [-0.05, 0) is 32.0 Å². The van der Waals surface area contributed by atoms with E-state index in [0.717, 1.165) is 16.7 Å². The molecule has 4 N–H and O–H groups in total. The van der Waals surface area contributed by atoms with Crippen LogP contribution in [0.1, 0.15) is 24.3 Å². The van der Waals surface area contributed by atoms with Gasteiger partial charge in [-0.25, -0.2) is 0 Å². The van der Waals surface area contributed by atoms with Crippen molar-refractivity contribution < 1.29 is 9.53 Å². The van der Waals surface area contributed by atoms with Gasteiger partial charge >= 0.3 is 0 Å². The zero-order chi connectivity index (χ0) is 14.0. The fraction of sp³-hybridized carbons (Fsp3) is 0.357. The van der Waals surface area contributed by atoms with Crippen LogP contribution in [-0.2, 0) is 0 Å². The highest BCUT2D eigenvalue weighted by molar-refractivity contribution is 5.99. The quantitative estimate of drug-likeness (QED) is 0.782. The molecule has 5 heteroatoms. The van der Waals surface area contributed by atoms with E-state index in [1.807, 2.05) is 32.0 Å². The maximum absolute atomic E-state index is 12.0. The lowest BCUT2D eigenvalue weighted by molar-refractivity contribution is 0.0942. The van der Waals surface area contributed by atoms with Crippen LogP contribution in [0.5, 0.6) is 5.75 Å². The summed E-state index contributed by atoms with van der Waals surface area (Å²) in [4.78, 5) is 15.1. The molecule has 0 fully saturated rings.